The lowest BCUT2D eigenvalue weighted by Gasteiger charge is -2.28. The normalized spacial score (nSPS) is 28.4. The van der Waals surface area contributed by atoms with E-state index in [1.54, 1.807) is 0 Å². The van der Waals surface area contributed by atoms with Crippen LogP contribution in [0.3, 0.4) is 0 Å². The van der Waals surface area contributed by atoms with Crippen molar-refractivity contribution in [2.75, 3.05) is 13.1 Å². The lowest BCUT2D eigenvalue weighted by Crippen LogP contribution is -2.48. The maximum atomic E-state index is 12.4. The zero-order valence-corrected chi connectivity index (χ0v) is 14.4. The Labute approximate surface area is 137 Å². The van der Waals surface area contributed by atoms with Crippen LogP contribution >= 0.6 is 0 Å². The van der Waals surface area contributed by atoms with Crippen LogP contribution in [-0.4, -0.2) is 57.0 Å². The summed E-state index contributed by atoms with van der Waals surface area (Å²) < 4.78 is 1.81. The van der Waals surface area contributed by atoms with Gasteiger partial charge in [-0.3, -0.25) is 14.4 Å². The number of nitrogens with zero attached hydrogens (tertiary/aromatic N) is 3. The van der Waals surface area contributed by atoms with E-state index in [-0.39, 0.29) is 18.0 Å². The zero-order valence-electron chi connectivity index (χ0n) is 14.4. The van der Waals surface area contributed by atoms with Gasteiger partial charge < -0.3 is 10.4 Å². The lowest BCUT2D eigenvalue weighted by molar-refractivity contribution is -0.121. The van der Waals surface area contributed by atoms with E-state index >= 15 is 0 Å². The number of aliphatic hydroxyl groups excluding tert-OH is 1. The Bertz CT molecular complexity index is 577. The topological polar surface area (TPSA) is 70.4 Å². The Hall–Kier alpha value is -1.40. The number of carbonyl (C=O) groups is 1. The summed E-state index contributed by atoms with van der Waals surface area (Å²) in [6.07, 6.45) is 4.16. The van der Waals surface area contributed by atoms with Crippen molar-refractivity contribution in [3.05, 3.63) is 17.0 Å². The third kappa shape index (κ3) is 3.28. The summed E-state index contributed by atoms with van der Waals surface area (Å²) in [7, 11) is 1.89. The highest BCUT2D eigenvalue weighted by Crippen LogP contribution is 2.27. The number of hydrogen-bond acceptors (Lipinski definition) is 4. The number of amides is 1. The highest BCUT2D eigenvalue weighted by Gasteiger charge is 2.39. The van der Waals surface area contributed by atoms with Gasteiger partial charge in [0.05, 0.1) is 24.3 Å². The Kier molecular flexibility index (Phi) is 4.73. The maximum absolute atomic E-state index is 12.4. The molecule has 6 nitrogen and oxygen atoms in total. The van der Waals surface area contributed by atoms with Crippen LogP contribution in [0.2, 0.25) is 0 Å². The van der Waals surface area contributed by atoms with Crippen LogP contribution in [0.1, 0.15) is 42.6 Å². The summed E-state index contributed by atoms with van der Waals surface area (Å²) in [5, 5.41) is 18.0. The van der Waals surface area contributed by atoms with E-state index in [1.807, 2.05) is 25.6 Å². The largest absolute Gasteiger partial charge is 0.389 e. The van der Waals surface area contributed by atoms with Crippen molar-refractivity contribution in [3.8, 4) is 0 Å². The Morgan fingerprint density at radius 2 is 2.00 bits per heavy atom. The van der Waals surface area contributed by atoms with Crippen molar-refractivity contribution in [2.24, 2.45) is 7.05 Å². The Morgan fingerprint density at radius 3 is 2.61 bits per heavy atom. The van der Waals surface area contributed by atoms with Gasteiger partial charge in [0.15, 0.2) is 0 Å². The van der Waals surface area contributed by atoms with Crippen molar-refractivity contribution >= 4 is 5.91 Å². The van der Waals surface area contributed by atoms with Crippen LogP contribution in [-0.2, 0) is 18.3 Å². The van der Waals surface area contributed by atoms with Gasteiger partial charge in [-0.1, -0.05) is 0 Å². The number of aryl methyl sites for hydroxylation is 2. The van der Waals surface area contributed by atoms with Gasteiger partial charge >= 0.3 is 0 Å². The molecule has 2 aliphatic rings. The molecule has 2 heterocycles. The summed E-state index contributed by atoms with van der Waals surface area (Å²) in [6, 6.07) is 0.0926. The quantitative estimate of drug-likeness (QED) is 0.856. The number of carbonyl (C=O) groups excluding carboxylic acids is 1. The van der Waals surface area contributed by atoms with E-state index in [2.05, 4.69) is 15.3 Å². The molecule has 0 aromatic carbocycles. The van der Waals surface area contributed by atoms with Crippen LogP contribution in [0.5, 0.6) is 0 Å². The van der Waals surface area contributed by atoms with Crippen molar-refractivity contribution in [3.63, 3.8) is 0 Å². The molecule has 1 saturated carbocycles. The van der Waals surface area contributed by atoms with Crippen molar-refractivity contribution < 1.29 is 9.90 Å². The first-order valence-electron chi connectivity index (χ1n) is 8.68. The van der Waals surface area contributed by atoms with E-state index in [4.69, 9.17) is 0 Å². The minimum atomic E-state index is -0.451. The molecule has 0 radical (unpaired) electrons. The highest BCUT2D eigenvalue weighted by molar-refractivity contribution is 5.79. The van der Waals surface area contributed by atoms with Gasteiger partial charge in [0.1, 0.15) is 0 Å². The SMILES string of the molecule is Cc1nn(C)c(C)c1CC(=O)N[C@@H]1CC[C@@H](N2CCCC2)[C@@H]1O. The molecule has 0 bridgehead atoms. The second-order valence-corrected chi connectivity index (χ2v) is 7.00. The minimum Gasteiger partial charge on any atom is -0.389 e. The number of nitrogens with one attached hydrogen (secondary N) is 1. The van der Waals surface area contributed by atoms with Gasteiger partial charge in [0.2, 0.25) is 5.91 Å². The molecule has 1 aliphatic carbocycles. The van der Waals surface area contributed by atoms with Crippen molar-refractivity contribution in [1.29, 1.82) is 0 Å². The van der Waals surface area contributed by atoms with Crippen LogP contribution < -0.4 is 5.32 Å². The molecule has 2 N–H and O–H groups in total. The van der Waals surface area contributed by atoms with Gasteiger partial charge in [-0.05, 0) is 52.6 Å². The number of rotatable bonds is 4. The molecular weight excluding hydrogens is 292 g/mol. The van der Waals surface area contributed by atoms with E-state index < -0.39 is 6.10 Å². The molecule has 1 saturated heterocycles. The Morgan fingerprint density at radius 1 is 1.30 bits per heavy atom. The number of aromatic nitrogens is 2. The maximum Gasteiger partial charge on any atom is 0.224 e. The molecule has 2 fully saturated rings. The van der Waals surface area contributed by atoms with Gasteiger partial charge in [-0.15, -0.1) is 0 Å². The first-order chi connectivity index (χ1) is 11.0. The first-order valence-corrected chi connectivity index (χ1v) is 8.68. The molecule has 23 heavy (non-hydrogen) atoms. The van der Waals surface area contributed by atoms with Gasteiger partial charge in [0, 0.05) is 24.3 Å². The predicted octanol–water partition coefficient (Wildman–Crippen LogP) is 0.683. The van der Waals surface area contributed by atoms with E-state index in [1.165, 1.54) is 12.8 Å². The second-order valence-electron chi connectivity index (χ2n) is 7.00. The fourth-order valence-electron chi connectivity index (χ4n) is 4.08. The van der Waals surface area contributed by atoms with E-state index in [9.17, 15) is 9.90 Å². The Balaban J connectivity index is 1.58. The fraction of sp³-hybridized carbons (Fsp3) is 0.765. The van der Waals surface area contributed by atoms with Crippen molar-refractivity contribution in [2.45, 2.75) is 64.1 Å². The molecule has 1 aromatic heterocycles. The van der Waals surface area contributed by atoms with Gasteiger partial charge in [0.25, 0.3) is 0 Å². The van der Waals surface area contributed by atoms with E-state index in [0.29, 0.717) is 6.42 Å². The van der Waals surface area contributed by atoms with Gasteiger partial charge in [-0.25, -0.2) is 0 Å². The molecule has 3 atom stereocenters. The number of aliphatic hydroxyl groups is 1. The third-order valence-corrected chi connectivity index (χ3v) is 5.53. The molecule has 6 heteroatoms. The van der Waals surface area contributed by atoms with Crippen LogP contribution in [0.15, 0.2) is 0 Å². The second kappa shape index (κ2) is 6.61. The summed E-state index contributed by atoms with van der Waals surface area (Å²) >= 11 is 0. The molecule has 3 rings (SSSR count). The van der Waals surface area contributed by atoms with Gasteiger partial charge in [-0.2, -0.15) is 5.10 Å². The lowest BCUT2D eigenvalue weighted by atomic mass is 10.1. The summed E-state index contributed by atoms with van der Waals surface area (Å²) in [5.74, 6) is -0.0182. The smallest absolute Gasteiger partial charge is 0.224 e. The average molecular weight is 320 g/mol. The van der Waals surface area contributed by atoms with Crippen molar-refractivity contribution in [1.82, 2.24) is 20.0 Å². The monoisotopic (exact) mass is 320 g/mol. The zero-order chi connectivity index (χ0) is 16.6. The molecule has 128 valence electrons. The fourth-order valence-corrected chi connectivity index (χ4v) is 4.08. The third-order valence-electron chi connectivity index (χ3n) is 5.53. The summed E-state index contributed by atoms with van der Waals surface area (Å²) in [6.45, 7) is 6.08. The first kappa shape index (κ1) is 16.5. The number of hydrogen-bond donors (Lipinski definition) is 2. The average Bonchev–Trinajstić information content (AvgIpc) is 3.19. The summed E-state index contributed by atoms with van der Waals surface area (Å²) in [4.78, 5) is 14.8. The van der Waals surface area contributed by atoms with Crippen LogP contribution in [0.25, 0.3) is 0 Å². The highest BCUT2D eigenvalue weighted by atomic mass is 16.3. The molecule has 1 aliphatic heterocycles. The molecule has 1 amide bonds. The molecule has 0 spiro atoms. The van der Waals surface area contributed by atoms with E-state index in [0.717, 1.165) is 42.9 Å². The molecule has 1 aromatic rings. The van der Waals surface area contributed by atoms with Crippen LogP contribution in [0, 0.1) is 13.8 Å². The standard InChI is InChI=1S/C17H28N4O2/c1-11-13(12(2)20(3)19-11)10-16(22)18-14-6-7-15(17(14)23)21-8-4-5-9-21/h14-15,17,23H,4-10H2,1-3H3,(H,18,22)/t14-,15-,17-/m1/s1. The summed E-state index contributed by atoms with van der Waals surface area (Å²) in [5.41, 5.74) is 2.93. The molecular formula is C17H28N4O2. The molecule has 0 unspecified atom stereocenters. The predicted molar refractivity (Wildman–Crippen MR) is 88.2 cm³/mol. The number of likely N-dealkylation sites (tertiary alicyclic amines) is 1. The minimum absolute atomic E-state index is 0.0182. The van der Waals surface area contributed by atoms with Crippen LogP contribution in [0.4, 0.5) is 0 Å².